The molecule has 0 aliphatic carbocycles. The van der Waals surface area contributed by atoms with Crippen LogP contribution in [0.2, 0.25) is 0 Å². The number of anilines is 1. The average Bonchev–Trinajstić information content (AvgIpc) is 2.74. The number of hydrogen-bond acceptors (Lipinski definition) is 6. The molecule has 1 N–H and O–H groups in total. The fourth-order valence-corrected chi connectivity index (χ4v) is 3.97. The van der Waals surface area contributed by atoms with E-state index in [4.69, 9.17) is 4.52 Å². The van der Waals surface area contributed by atoms with Crippen LogP contribution >= 0.6 is 0 Å². The zero-order chi connectivity index (χ0) is 15.0. The monoisotopic (exact) mass is 308 g/mol. The normalized spacial score (nSPS) is 16.0. The summed E-state index contributed by atoms with van der Waals surface area (Å²) in [7, 11) is -3.60. The maximum atomic E-state index is 12.3. The third-order valence-electron chi connectivity index (χ3n) is 3.41. The van der Waals surface area contributed by atoms with Crippen LogP contribution in [0, 0.1) is 13.8 Å². The second-order valence-corrected chi connectivity index (χ2v) is 6.72. The van der Waals surface area contributed by atoms with E-state index in [0.717, 1.165) is 5.82 Å². The zero-order valence-corrected chi connectivity index (χ0v) is 12.6. The van der Waals surface area contributed by atoms with Gasteiger partial charge in [-0.2, -0.15) is 0 Å². The molecule has 0 amide bonds. The van der Waals surface area contributed by atoms with Gasteiger partial charge in [-0.05, 0) is 26.0 Å². The van der Waals surface area contributed by atoms with Gasteiger partial charge in [-0.3, -0.25) is 0 Å². The second-order valence-electron chi connectivity index (χ2n) is 5.06. The zero-order valence-electron chi connectivity index (χ0n) is 11.8. The first-order chi connectivity index (χ1) is 9.97. The van der Waals surface area contributed by atoms with Crippen molar-refractivity contribution in [1.29, 1.82) is 0 Å². The Morgan fingerprint density at radius 2 is 2.10 bits per heavy atom. The van der Waals surface area contributed by atoms with Crippen molar-refractivity contribution in [2.45, 2.75) is 24.8 Å². The SMILES string of the molecule is Cc1noc(C)c1S(=O)(=O)NC1CN(c2ccccn2)C1. The Morgan fingerprint density at radius 1 is 1.33 bits per heavy atom. The summed E-state index contributed by atoms with van der Waals surface area (Å²) in [4.78, 5) is 6.39. The van der Waals surface area contributed by atoms with Crippen LogP contribution in [0.5, 0.6) is 0 Å². The van der Waals surface area contributed by atoms with E-state index in [1.807, 2.05) is 23.1 Å². The second kappa shape index (κ2) is 5.12. The van der Waals surface area contributed by atoms with Gasteiger partial charge in [0, 0.05) is 19.3 Å². The molecule has 3 heterocycles. The van der Waals surface area contributed by atoms with Crippen molar-refractivity contribution in [3.05, 3.63) is 35.9 Å². The molecule has 8 heteroatoms. The molecule has 21 heavy (non-hydrogen) atoms. The van der Waals surface area contributed by atoms with Gasteiger partial charge < -0.3 is 9.42 Å². The Kier molecular flexibility index (Phi) is 3.42. The molecular weight excluding hydrogens is 292 g/mol. The lowest BCUT2D eigenvalue weighted by atomic mass is 10.1. The molecular formula is C13H16N4O3S. The van der Waals surface area contributed by atoms with Crippen molar-refractivity contribution >= 4 is 15.8 Å². The molecule has 1 aliphatic rings. The standard InChI is InChI=1S/C13H16N4O3S/c1-9-13(10(2)20-15-9)21(18,19)16-11-7-17(8-11)12-5-3-4-6-14-12/h3-6,11,16H,7-8H2,1-2H3. The maximum absolute atomic E-state index is 12.3. The molecule has 2 aromatic heterocycles. The first-order valence-corrected chi connectivity index (χ1v) is 8.07. The van der Waals surface area contributed by atoms with Crippen LogP contribution in [0.3, 0.4) is 0 Å². The van der Waals surface area contributed by atoms with Crippen molar-refractivity contribution in [2.75, 3.05) is 18.0 Å². The van der Waals surface area contributed by atoms with E-state index in [2.05, 4.69) is 14.9 Å². The Labute approximate surface area is 123 Å². The van der Waals surface area contributed by atoms with Crippen molar-refractivity contribution < 1.29 is 12.9 Å². The first kappa shape index (κ1) is 14.0. The molecule has 0 spiro atoms. The summed E-state index contributed by atoms with van der Waals surface area (Å²) in [6.45, 7) is 4.40. The van der Waals surface area contributed by atoms with Crippen molar-refractivity contribution in [3.8, 4) is 0 Å². The lowest BCUT2D eigenvalue weighted by Gasteiger charge is -2.40. The van der Waals surface area contributed by atoms with Gasteiger partial charge in [-0.15, -0.1) is 0 Å². The fourth-order valence-electron chi connectivity index (χ4n) is 2.42. The fraction of sp³-hybridized carbons (Fsp3) is 0.385. The lowest BCUT2D eigenvalue weighted by Crippen LogP contribution is -2.59. The Hall–Kier alpha value is -1.93. The van der Waals surface area contributed by atoms with Gasteiger partial charge in [0.1, 0.15) is 16.4 Å². The number of aromatic nitrogens is 2. The summed E-state index contributed by atoms with van der Waals surface area (Å²) in [5.74, 6) is 1.16. The molecule has 7 nitrogen and oxygen atoms in total. The van der Waals surface area contributed by atoms with Crippen LogP contribution < -0.4 is 9.62 Å². The van der Waals surface area contributed by atoms with E-state index in [1.54, 1.807) is 20.0 Å². The van der Waals surface area contributed by atoms with E-state index in [-0.39, 0.29) is 10.9 Å². The van der Waals surface area contributed by atoms with Gasteiger partial charge in [0.2, 0.25) is 10.0 Å². The van der Waals surface area contributed by atoms with Gasteiger partial charge in [-0.1, -0.05) is 11.2 Å². The first-order valence-electron chi connectivity index (χ1n) is 6.58. The van der Waals surface area contributed by atoms with Crippen LogP contribution in [-0.4, -0.2) is 37.7 Å². The minimum Gasteiger partial charge on any atom is -0.360 e. The molecule has 0 aromatic carbocycles. The van der Waals surface area contributed by atoms with Crippen molar-refractivity contribution in [1.82, 2.24) is 14.9 Å². The predicted molar refractivity (Wildman–Crippen MR) is 76.5 cm³/mol. The lowest BCUT2D eigenvalue weighted by molar-refractivity contribution is 0.390. The van der Waals surface area contributed by atoms with Gasteiger partial charge >= 0.3 is 0 Å². The highest BCUT2D eigenvalue weighted by Gasteiger charge is 2.34. The highest BCUT2D eigenvalue weighted by molar-refractivity contribution is 7.89. The van der Waals surface area contributed by atoms with E-state index in [9.17, 15) is 8.42 Å². The van der Waals surface area contributed by atoms with Crippen LogP contribution in [0.15, 0.2) is 33.8 Å². The van der Waals surface area contributed by atoms with Gasteiger partial charge in [-0.25, -0.2) is 18.1 Å². The highest BCUT2D eigenvalue weighted by atomic mass is 32.2. The largest absolute Gasteiger partial charge is 0.360 e. The number of hydrogen-bond donors (Lipinski definition) is 1. The summed E-state index contributed by atoms with van der Waals surface area (Å²) in [6.07, 6.45) is 1.72. The molecule has 0 atom stereocenters. The molecule has 0 unspecified atom stereocenters. The number of sulfonamides is 1. The Balaban J connectivity index is 1.67. The van der Waals surface area contributed by atoms with Crippen LogP contribution in [0.4, 0.5) is 5.82 Å². The molecule has 3 rings (SSSR count). The highest BCUT2D eigenvalue weighted by Crippen LogP contribution is 2.22. The quantitative estimate of drug-likeness (QED) is 0.901. The topological polar surface area (TPSA) is 88.3 Å². The number of aryl methyl sites for hydroxylation is 2. The molecule has 2 aromatic rings. The minimum absolute atomic E-state index is 0.134. The number of rotatable bonds is 4. The molecule has 112 valence electrons. The minimum atomic E-state index is -3.60. The molecule has 0 saturated carbocycles. The van der Waals surface area contributed by atoms with E-state index in [0.29, 0.717) is 24.5 Å². The molecule has 1 aliphatic heterocycles. The Morgan fingerprint density at radius 3 is 2.67 bits per heavy atom. The smallest absolute Gasteiger partial charge is 0.246 e. The van der Waals surface area contributed by atoms with Gasteiger partial charge in [0.05, 0.1) is 6.04 Å². The molecule has 0 bridgehead atoms. The summed E-state index contributed by atoms with van der Waals surface area (Å²) in [5.41, 5.74) is 0.376. The molecule has 1 saturated heterocycles. The van der Waals surface area contributed by atoms with E-state index in [1.165, 1.54) is 0 Å². The Bertz CT molecular complexity index is 717. The average molecular weight is 308 g/mol. The third kappa shape index (κ3) is 2.64. The number of nitrogens with one attached hydrogen (secondary N) is 1. The van der Waals surface area contributed by atoms with Gasteiger partial charge in [0.25, 0.3) is 0 Å². The van der Waals surface area contributed by atoms with Crippen LogP contribution in [0.25, 0.3) is 0 Å². The van der Waals surface area contributed by atoms with Crippen molar-refractivity contribution in [2.24, 2.45) is 0 Å². The summed E-state index contributed by atoms with van der Waals surface area (Å²) >= 11 is 0. The third-order valence-corrected chi connectivity index (χ3v) is 5.18. The van der Waals surface area contributed by atoms with E-state index >= 15 is 0 Å². The summed E-state index contributed by atoms with van der Waals surface area (Å²) < 4.78 is 32.3. The van der Waals surface area contributed by atoms with Crippen molar-refractivity contribution in [3.63, 3.8) is 0 Å². The summed E-state index contributed by atoms with van der Waals surface area (Å²) in [5, 5.41) is 3.68. The molecule has 0 radical (unpaired) electrons. The van der Waals surface area contributed by atoms with E-state index < -0.39 is 10.0 Å². The van der Waals surface area contributed by atoms with Crippen LogP contribution in [0.1, 0.15) is 11.5 Å². The van der Waals surface area contributed by atoms with Crippen LogP contribution in [-0.2, 0) is 10.0 Å². The number of pyridine rings is 1. The van der Waals surface area contributed by atoms with Gasteiger partial charge in [0.15, 0.2) is 5.76 Å². The summed E-state index contributed by atoms with van der Waals surface area (Å²) in [6, 6.07) is 5.52. The number of nitrogens with zero attached hydrogens (tertiary/aromatic N) is 3. The molecule has 1 fully saturated rings. The predicted octanol–water partition coefficient (Wildman–Crippen LogP) is 0.854. The maximum Gasteiger partial charge on any atom is 0.246 e.